The van der Waals surface area contributed by atoms with Gasteiger partial charge in [0.05, 0.1) is 17.1 Å². The molecule has 0 saturated heterocycles. The maximum atomic E-state index is 12.8. The molecule has 31 heavy (non-hydrogen) atoms. The van der Waals surface area contributed by atoms with Gasteiger partial charge in [-0.2, -0.15) is 5.10 Å². The molecular formula is C23H28N4O3S. The Hall–Kier alpha value is -2.97. The molecule has 0 atom stereocenters. The molecule has 8 heteroatoms. The minimum absolute atomic E-state index is 0.0805. The third-order valence-electron chi connectivity index (χ3n) is 4.98. The number of carbonyl (C=O) groups is 1. The van der Waals surface area contributed by atoms with Crippen molar-refractivity contribution in [3.05, 3.63) is 82.2 Å². The van der Waals surface area contributed by atoms with E-state index in [9.17, 15) is 13.2 Å². The molecule has 0 radical (unpaired) electrons. The van der Waals surface area contributed by atoms with Gasteiger partial charge in [0.1, 0.15) is 0 Å². The van der Waals surface area contributed by atoms with Crippen molar-refractivity contribution in [3.8, 4) is 0 Å². The van der Waals surface area contributed by atoms with Gasteiger partial charge in [-0.25, -0.2) is 13.1 Å². The lowest BCUT2D eigenvalue weighted by molar-refractivity contribution is 0.0950. The Kier molecular flexibility index (Phi) is 6.92. The summed E-state index contributed by atoms with van der Waals surface area (Å²) in [7, 11) is -3.63. The SMILES string of the molecule is CCNS(=O)(=O)c1ccc(C)c(C(=O)NCc2cccc(Cn3nc(C)cc3C)c2)c1. The van der Waals surface area contributed by atoms with E-state index in [2.05, 4.69) is 15.1 Å². The highest BCUT2D eigenvalue weighted by Gasteiger charge is 2.17. The van der Waals surface area contributed by atoms with Crippen LogP contribution in [0, 0.1) is 20.8 Å². The molecule has 0 aliphatic rings. The second-order valence-electron chi connectivity index (χ2n) is 7.57. The van der Waals surface area contributed by atoms with Crippen LogP contribution in [0.1, 0.15) is 45.4 Å². The number of nitrogens with zero attached hydrogens (tertiary/aromatic N) is 2. The Labute approximate surface area is 183 Å². The lowest BCUT2D eigenvalue weighted by Gasteiger charge is -2.11. The van der Waals surface area contributed by atoms with E-state index in [0.717, 1.165) is 22.5 Å². The van der Waals surface area contributed by atoms with Crippen LogP contribution in [-0.2, 0) is 23.1 Å². The predicted molar refractivity (Wildman–Crippen MR) is 120 cm³/mol. The number of hydrogen-bond acceptors (Lipinski definition) is 4. The van der Waals surface area contributed by atoms with Crippen LogP contribution in [0.3, 0.4) is 0 Å². The normalized spacial score (nSPS) is 11.5. The van der Waals surface area contributed by atoms with E-state index in [1.165, 1.54) is 12.1 Å². The van der Waals surface area contributed by atoms with E-state index < -0.39 is 10.0 Å². The Morgan fingerprint density at radius 2 is 1.77 bits per heavy atom. The second-order valence-corrected chi connectivity index (χ2v) is 9.33. The van der Waals surface area contributed by atoms with Gasteiger partial charge in [0, 0.05) is 24.3 Å². The van der Waals surface area contributed by atoms with E-state index in [1.807, 2.05) is 48.9 Å². The first-order valence-electron chi connectivity index (χ1n) is 10.2. The zero-order valence-electron chi connectivity index (χ0n) is 18.3. The van der Waals surface area contributed by atoms with E-state index in [-0.39, 0.29) is 17.3 Å². The molecule has 1 amide bonds. The Balaban J connectivity index is 1.72. The fourth-order valence-corrected chi connectivity index (χ4v) is 4.48. The highest BCUT2D eigenvalue weighted by Crippen LogP contribution is 2.16. The molecule has 0 aliphatic carbocycles. The van der Waals surface area contributed by atoms with Crippen LogP contribution in [-0.4, -0.2) is 30.7 Å². The van der Waals surface area contributed by atoms with Gasteiger partial charge in [0.25, 0.3) is 5.91 Å². The zero-order valence-corrected chi connectivity index (χ0v) is 19.1. The molecule has 2 aromatic carbocycles. The number of aryl methyl sites for hydroxylation is 3. The van der Waals surface area contributed by atoms with Crippen LogP contribution in [0.5, 0.6) is 0 Å². The summed E-state index contributed by atoms with van der Waals surface area (Å²) in [4.78, 5) is 12.8. The summed E-state index contributed by atoms with van der Waals surface area (Å²) in [6.07, 6.45) is 0. The summed E-state index contributed by atoms with van der Waals surface area (Å²) < 4.78 is 28.9. The molecule has 0 bridgehead atoms. The molecule has 0 fully saturated rings. The number of sulfonamides is 1. The summed E-state index contributed by atoms with van der Waals surface area (Å²) in [6, 6.07) is 14.6. The topological polar surface area (TPSA) is 93.1 Å². The number of benzene rings is 2. The lowest BCUT2D eigenvalue weighted by atomic mass is 10.1. The molecule has 1 aromatic heterocycles. The number of rotatable bonds is 8. The van der Waals surface area contributed by atoms with Crippen molar-refractivity contribution in [1.82, 2.24) is 19.8 Å². The third kappa shape index (κ3) is 5.59. The molecule has 0 saturated carbocycles. The quantitative estimate of drug-likeness (QED) is 0.563. The van der Waals surface area contributed by atoms with E-state index in [1.54, 1.807) is 19.9 Å². The molecule has 1 heterocycles. The van der Waals surface area contributed by atoms with E-state index in [0.29, 0.717) is 24.2 Å². The van der Waals surface area contributed by atoms with Crippen molar-refractivity contribution in [2.45, 2.75) is 45.7 Å². The average Bonchev–Trinajstić information content (AvgIpc) is 3.03. The van der Waals surface area contributed by atoms with Gasteiger partial charge in [-0.05, 0) is 55.7 Å². The minimum atomic E-state index is -3.63. The van der Waals surface area contributed by atoms with Crippen molar-refractivity contribution in [2.75, 3.05) is 6.54 Å². The first-order valence-corrected chi connectivity index (χ1v) is 11.7. The van der Waals surface area contributed by atoms with Crippen LogP contribution in [0.15, 0.2) is 53.4 Å². The monoisotopic (exact) mass is 440 g/mol. The minimum Gasteiger partial charge on any atom is -0.348 e. The van der Waals surface area contributed by atoms with E-state index >= 15 is 0 Å². The summed E-state index contributed by atoms with van der Waals surface area (Å²) >= 11 is 0. The van der Waals surface area contributed by atoms with Crippen molar-refractivity contribution in [1.29, 1.82) is 0 Å². The van der Waals surface area contributed by atoms with Gasteiger partial charge in [-0.15, -0.1) is 0 Å². The highest BCUT2D eigenvalue weighted by atomic mass is 32.2. The molecule has 2 N–H and O–H groups in total. The van der Waals surface area contributed by atoms with Gasteiger partial charge < -0.3 is 5.32 Å². The van der Waals surface area contributed by atoms with Gasteiger partial charge in [-0.1, -0.05) is 37.3 Å². The molecule has 7 nitrogen and oxygen atoms in total. The molecule has 3 aromatic rings. The number of aromatic nitrogens is 2. The number of nitrogens with one attached hydrogen (secondary N) is 2. The van der Waals surface area contributed by atoms with Crippen LogP contribution < -0.4 is 10.0 Å². The van der Waals surface area contributed by atoms with Gasteiger partial charge in [0.2, 0.25) is 10.0 Å². The maximum Gasteiger partial charge on any atom is 0.251 e. The molecule has 0 spiro atoms. The first kappa shape index (κ1) is 22.7. The number of hydrogen-bond donors (Lipinski definition) is 2. The second kappa shape index (κ2) is 9.45. The third-order valence-corrected chi connectivity index (χ3v) is 6.52. The Morgan fingerprint density at radius 3 is 2.45 bits per heavy atom. The van der Waals surface area contributed by atoms with Crippen molar-refractivity contribution >= 4 is 15.9 Å². The van der Waals surface area contributed by atoms with Gasteiger partial charge in [-0.3, -0.25) is 9.48 Å². The molecule has 0 unspecified atom stereocenters. The fourth-order valence-electron chi connectivity index (χ4n) is 3.41. The maximum absolute atomic E-state index is 12.8. The van der Waals surface area contributed by atoms with Crippen LogP contribution in [0.2, 0.25) is 0 Å². The number of carbonyl (C=O) groups excluding carboxylic acids is 1. The average molecular weight is 441 g/mol. The summed E-state index contributed by atoms with van der Waals surface area (Å²) in [6.45, 7) is 8.77. The van der Waals surface area contributed by atoms with Crippen molar-refractivity contribution in [3.63, 3.8) is 0 Å². The first-order chi connectivity index (χ1) is 14.7. The fraction of sp³-hybridized carbons (Fsp3) is 0.304. The molecular weight excluding hydrogens is 412 g/mol. The summed E-state index contributed by atoms with van der Waals surface area (Å²) in [5, 5.41) is 7.39. The summed E-state index contributed by atoms with van der Waals surface area (Å²) in [5.74, 6) is -0.310. The Bertz CT molecular complexity index is 1200. The smallest absolute Gasteiger partial charge is 0.251 e. The van der Waals surface area contributed by atoms with Crippen molar-refractivity contribution < 1.29 is 13.2 Å². The highest BCUT2D eigenvalue weighted by molar-refractivity contribution is 7.89. The largest absolute Gasteiger partial charge is 0.348 e. The summed E-state index contributed by atoms with van der Waals surface area (Å²) in [5.41, 5.74) is 5.19. The standard InChI is InChI=1S/C23H28N4O3S/c1-5-25-31(29,30)21-10-9-16(2)22(13-21)23(28)24-14-19-7-6-8-20(12-19)15-27-18(4)11-17(3)26-27/h6-13,25H,5,14-15H2,1-4H3,(H,24,28). The predicted octanol–water partition coefficient (Wildman–Crippen LogP) is 3.08. The van der Waals surface area contributed by atoms with Gasteiger partial charge in [0.15, 0.2) is 0 Å². The number of amides is 1. The Morgan fingerprint density at radius 1 is 1.03 bits per heavy atom. The van der Waals surface area contributed by atoms with Crippen molar-refractivity contribution in [2.24, 2.45) is 0 Å². The van der Waals surface area contributed by atoms with Gasteiger partial charge >= 0.3 is 0 Å². The van der Waals surface area contributed by atoms with Crippen LogP contribution in [0.25, 0.3) is 0 Å². The van der Waals surface area contributed by atoms with Crippen LogP contribution >= 0.6 is 0 Å². The zero-order chi connectivity index (χ0) is 22.6. The van der Waals surface area contributed by atoms with Crippen LogP contribution in [0.4, 0.5) is 0 Å². The lowest BCUT2D eigenvalue weighted by Crippen LogP contribution is -2.26. The molecule has 3 rings (SSSR count). The molecule has 164 valence electrons. The van der Waals surface area contributed by atoms with E-state index in [4.69, 9.17) is 0 Å². The molecule has 0 aliphatic heterocycles.